The second kappa shape index (κ2) is 5.48. The number of aliphatic hydroxyl groups is 1. The third-order valence-corrected chi connectivity index (χ3v) is 4.85. The molecule has 0 spiro atoms. The highest BCUT2D eigenvalue weighted by atomic mass is 32.1. The van der Waals surface area contributed by atoms with Crippen molar-refractivity contribution in [2.24, 2.45) is 0 Å². The summed E-state index contributed by atoms with van der Waals surface area (Å²) in [5, 5.41) is 12.4. The summed E-state index contributed by atoms with van der Waals surface area (Å²) in [5.41, 5.74) is 2.80. The van der Waals surface area contributed by atoms with E-state index in [2.05, 4.69) is 16.0 Å². The number of nitrogens with zero attached hydrogens (tertiary/aromatic N) is 2. The van der Waals surface area contributed by atoms with E-state index in [0.717, 1.165) is 31.7 Å². The SMILES string of the molecule is OC(Cc1nc2cnc3ccccc3c2s1)c1ccccc1. The van der Waals surface area contributed by atoms with Gasteiger partial charge in [0.25, 0.3) is 0 Å². The number of aromatic nitrogens is 2. The van der Waals surface area contributed by atoms with E-state index in [1.165, 1.54) is 0 Å². The van der Waals surface area contributed by atoms with Gasteiger partial charge in [0.05, 0.1) is 27.5 Å². The zero-order chi connectivity index (χ0) is 14.9. The summed E-state index contributed by atoms with van der Waals surface area (Å²) in [4.78, 5) is 9.07. The van der Waals surface area contributed by atoms with E-state index in [4.69, 9.17) is 0 Å². The zero-order valence-electron chi connectivity index (χ0n) is 11.8. The van der Waals surface area contributed by atoms with Crippen LogP contribution in [0.5, 0.6) is 0 Å². The van der Waals surface area contributed by atoms with Crippen molar-refractivity contribution >= 4 is 32.5 Å². The maximum Gasteiger partial charge on any atom is 0.100 e. The predicted octanol–water partition coefficient (Wildman–Crippen LogP) is 4.12. The van der Waals surface area contributed by atoms with Gasteiger partial charge in [-0.05, 0) is 11.6 Å². The number of hydrogen-bond donors (Lipinski definition) is 1. The van der Waals surface area contributed by atoms with Crippen LogP contribution in [0.25, 0.3) is 21.1 Å². The van der Waals surface area contributed by atoms with Crippen LogP contribution < -0.4 is 0 Å². The smallest absolute Gasteiger partial charge is 0.100 e. The van der Waals surface area contributed by atoms with E-state index in [-0.39, 0.29) is 0 Å². The van der Waals surface area contributed by atoms with Crippen LogP contribution in [0.3, 0.4) is 0 Å². The van der Waals surface area contributed by atoms with Gasteiger partial charge in [0.15, 0.2) is 0 Å². The van der Waals surface area contributed by atoms with Crippen molar-refractivity contribution in [3.05, 3.63) is 71.4 Å². The summed E-state index contributed by atoms with van der Waals surface area (Å²) in [5.74, 6) is 0. The lowest BCUT2D eigenvalue weighted by Crippen LogP contribution is -2.00. The van der Waals surface area contributed by atoms with Gasteiger partial charge < -0.3 is 5.11 Å². The Morgan fingerprint density at radius 2 is 1.73 bits per heavy atom. The molecule has 1 N–H and O–H groups in total. The summed E-state index contributed by atoms with van der Waals surface area (Å²) in [6.07, 6.45) is 1.81. The number of para-hydroxylation sites is 1. The lowest BCUT2D eigenvalue weighted by Gasteiger charge is -2.08. The average molecular weight is 306 g/mol. The van der Waals surface area contributed by atoms with Crippen LogP contribution >= 0.6 is 11.3 Å². The molecule has 0 fully saturated rings. The van der Waals surface area contributed by atoms with Crippen molar-refractivity contribution in [1.29, 1.82) is 0 Å². The van der Waals surface area contributed by atoms with E-state index in [1.807, 2.05) is 54.7 Å². The van der Waals surface area contributed by atoms with Gasteiger partial charge in [0.2, 0.25) is 0 Å². The predicted molar refractivity (Wildman–Crippen MR) is 90.0 cm³/mol. The fourth-order valence-corrected chi connectivity index (χ4v) is 3.72. The lowest BCUT2D eigenvalue weighted by molar-refractivity contribution is 0.178. The van der Waals surface area contributed by atoms with E-state index in [0.29, 0.717) is 6.42 Å². The standard InChI is InChI=1S/C18H14N2OS/c21-16(12-6-2-1-3-7-12)10-17-20-15-11-19-14-9-5-4-8-13(14)18(15)22-17/h1-9,11,16,21H,10H2. The van der Waals surface area contributed by atoms with Crippen molar-refractivity contribution in [2.45, 2.75) is 12.5 Å². The van der Waals surface area contributed by atoms with Gasteiger partial charge in [-0.15, -0.1) is 11.3 Å². The normalized spacial score (nSPS) is 12.8. The second-order valence-electron chi connectivity index (χ2n) is 5.23. The minimum Gasteiger partial charge on any atom is -0.388 e. The first-order chi connectivity index (χ1) is 10.8. The van der Waals surface area contributed by atoms with E-state index in [9.17, 15) is 5.11 Å². The first kappa shape index (κ1) is 13.4. The van der Waals surface area contributed by atoms with E-state index in [1.54, 1.807) is 11.3 Å². The Morgan fingerprint density at radius 3 is 2.59 bits per heavy atom. The number of rotatable bonds is 3. The van der Waals surface area contributed by atoms with Crippen molar-refractivity contribution in [3.8, 4) is 0 Å². The molecular weight excluding hydrogens is 292 g/mol. The van der Waals surface area contributed by atoms with Gasteiger partial charge in [-0.2, -0.15) is 0 Å². The number of aliphatic hydroxyl groups excluding tert-OH is 1. The molecule has 1 atom stereocenters. The molecule has 0 saturated carbocycles. The number of fused-ring (bicyclic) bond motifs is 3. The molecule has 4 aromatic rings. The molecule has 4 rings (SSSR count). The number of thiazole rings is 1. The third-order valence-electron chi connectivity index (χ3n) is 3.72. The molecule has 1 unspecified atom stereocenters. The Balaban J connectivity index is 1.72. The van der Waals surface area contributed by atoms with Crippen LogP contribution in [0, 0.1) is 0 Å². The molecule has 0 aliphatic carbocycles. The minimum absolute atomic E-state index is 0.525. The average Bonchev–Trinajstić information content (AvgIpc) is 2.98. The van der Waals surface area contributed by atoms with Crippen LogP contribution in [0.15, 0.2) is 60.8 Å². The first-order valence-corrected chi connectivity index (χ1v) is 7.99. The van der Waals surface area contributed by atoms with Gasteiger partial charge >= 0.3 is 0 Å². The molecule has 2 heterocycles. The summed E-state index contributed by atoms with van der Waals surface area (Å²) in [6.45, 7) is 0. The molecular formula is C18H14N2OS. The quantitative estimate of drug-likeness (QED) is 0.619. The Morgan fingerprint density at radius 1 is 0.955 bits per heavy atom. The topological polar surface area (TPSA) is 46.0 Å². The van der Waals surface area contributed by atoms with Gasteiger partial charge in [-0.25, -0.2) is 4.98 Å². The van der Waals surface area contributed by atoms with Crippen LogP contribution in [-0.4, -0.2) is 15.1 Å². The summed E-state index contributed by atoms with van der Waals surface area (Å²) >= 11 is 1.64. The van der Waals surface area contributed by atoms with Crippen molar-refractivity contribution in [1.82, 2.24) is 9.97 Å². The fraction of sp³-hybridized carbons (Fsp3) is 0.111. The summed E-state index contributed by atoms with van der Waals surface area (Å²) in [6, 6.07) is 17.8. The monoisotopic (exact) mass is 306 g/mol. The third kappa shape index (κ3) is 2.36. The lowest BCUT2D eigenvalue weighted by atomic mass is 10.1. The zero-order valence-corrected chi connectivity index (χ0v) is 12.6. The molecule has 0 aliphatic rings. The Kier molecular flexibility index (Phi) is 3.33. The maximum absolute atomic E-state index is 10.4. The first-order valence-electron chi connectivity index (χ1n) is 7.17. The van der Waals surface area contributed by atoms with Gasteiger partial charge in [0, 0.05) is 11.8 Å². The highest BCUT2D eigenvalue weighted by Gasteiger charge is 2.13. The molecule has 2 aromatic carbocycles. The maximum atomic E-state index is 10.4. The Labute approximate surface area is 131 Å². The molecule has 0 amide bonds. The van der Waals surface area contributed by atoms with Crippen LogP contribution in [0.4, 0.5) is 0 Å². The van der Waals surface area contributed by atoms with Crippen molar-refractivity contribution in [3.63, 3.8) is 0 Å². The summed E-state index contributed by atoms with van der Waals surface area (Å²) in [7, 11) is 0. The van der Waals surface area contributed by atoms with Gasteiger partial charge in [-0.3, -0.25) is 4.98 Å². The highest BCUT2D eigenvalue weighted by molar-refractivity contribution is 7.19. The second-order valence-corrected chi connectivity index (χ2v) is 6.31. The van der Waals surface area contributed by atoms with Gasteiger partial charge in [0.1, 0.15) is 5.52 Å². The molecule has 108 valence electrons. The van der Waals surface area contributed by atoms with E-state index < -0.39 is 6.10 Å². The van der Waals surface area contributed by atoms with E-state index >= 15 is 0 Å². The molecule has 0 bridgehead atoms. The largest absolute Gasteiger partial charge is 0.388 e. The summed E-state index contributed by atoms with van der Waals surface area (Å²) < 4.78 is 1.14. The number of benzene rings is 2. The fourth-order valence-electron chi connectivity index (χ4n) is 2.61. The molecule has 0 saturated heterocycles. The minimum atomic E-state index is -0.527. The highest BCUT2D eigenvalue weighted by Crippen LogP contribution is 2.30. The van der Waals surface area contributed by atoms with Crippen LogP contribution in [-0.2, 0) is 6.42 Å². The van der Waals surface area contributed by atoms with Crippen molar-refractivity contribution < 1.29 is 5.11 Å². The van der Waals surface area contributed by atoms with Crippen molar-refractivity contribution in [2.75, 3.05) is 0 Å². The molecule has 3 nitrogen and oxygen atoms in total. The number of hydrogen-bond acceptors (Lipinski definition) is 4. The Bertz CT molecular complexity index is 934. The molecule has 22 heavy (non-hydrogen) atoms. The molecule has 0 radical (unpaired) electrons. The number of pyridine rings is 1. The molecule has 4 heteroatoms. The molecule has 0 aliphatic heterocycles. The van der Waals surface area contributed by atoms with Gasteiger partial charge in [-0.1, -0.05) is 48.5 Å². The molecule has 2 aromatic heterocycles. The Hall–Kier alpha value is -2.30. The van der Waals surface area contributed by atoms with Crippen LogP contribution in [0.2, 0.25) is 0 Å². The van der Waals surface area contributed by atoms with Crippen LogP contribution in [0.1, 0.15) is 16.7 Å².